The highest BCUT2D eigenvalue weighted by Crippen LogP contribution is 2.44. The molecule has 196 valence electrons. The maximum absolute atomic E-state index is 12.4. The van der Waals surface area contributed by atoms with E-state index in [4.69, 9.17) is 28.8 Å². The van der Waals surface area contributed by atoms with E-state index in [0.717, 1.165) is 46.8 Å². The lowest BCUT2D eigenvalue weighted by Gasteiger charge is -2.28. The van der Waals surface area contributed by atoms with Crippen LogP contribution < -0.4 is 0 Å². The zero-order valence-corrected chi connectivity index (χ0v) is 21.5. The molecule has 12 heteroatoms. The summed E-state index contributed by atoms with van der Waals surface area (Å²) in [6.07, 6.45) is 5.60. The second kappa shape index (κ2) is 9.86. The third kappa shape index (κ3) is 5.15. The van der Waals surface area contributed by atoms with E-state index in [9.17, 15) is 5.11 Å². The summed E-state index contributed by atoms with van der Waals surface area (Å²) in [4.78, 5) is 39.1. The Kier molecular flexibility index (Phi) is 6.72. The molecule has 1 saturated carbocycles. The third-order valence-electron chi connectivity index (χ3n) is 6.35. The molecule has 0 radical (unpaired) electrons. The Hall–Kier alpha value is -3.73. The molecule has 1 aliphatic carbocycles. The number of nitrogens with one attached hydrogen (secondary N) is 1. The van der Waals surface area contributed by atoms with Gasteiger partial charge in [0.1, 0.15) is 11.6 Å². The van der Waals surface area contributed by atoms with E-state index in [1.54, 1.807) is 12.4 Å². The molecular weight excluding hydrogens is 509 g/mol. The molecule has 0 spiro atoms. The number of phosphoric acid groups is 1. The summed E-state index contributed by atoms with van der Waals surface area (Å²) in [7, 11) is -4.64. The predicted molar refractivity (Wildman–Crippen MR) is 138 cm³/mol. The average molecular weight is 535 g/mol. The number of rotatable bonds is 5. The first-order valence-electron chi connectivity index (χ1n) is 11.9. The molecular formula is C26H26N5O6P. The molecule has 0 bridgehead atoms. The van der Waals surface area contributed by atoms with E-state index >= 15 is 0 Å². The highest BCUT2D eigenvalue weighted by Gasteiger charge is 2.40. The van der Waals surface area contributed by atoms with Gasteiger partial charge in [0, 0.05) is 29.4 Å². The number of hydrogen-bond donors (Lipinski definition) is 5. The molecule has 5 N–H and O–H groups in total. The number of aliphatic hydroxyl groups is 1. The van der Waals surface area contributed by atoms with E-state index in [1.165, 1.54) is 0 Å². The van der Waals surface area contributed by atoms with Crippen LogP contribution in [0.25, 0.3) is 22.2 Å². The maximum Gasteiger partial charge on any atom is 0.466 e. The Bertz CT molecular complexity index is 1560. The second-order valence-electron chi connectivity index (χ2n) is 9.17. The van der Waals surface area contributed by atoms with Gasteiger partial charge in [-0.15, -0.1) is 0 Å². The first kappa shape index (κ1) is 25.9. The van der Waals surface area contributed by atoms with Gasteiger partial charge in [0.15, 0.2) is 5.60 Å². The molecule has 11 nitrogen and oxygen atoms in total. The lowest BCUT2D eigenvalue weighted by Crippen LogP contribution is -2.31. The van der Waals surface area contributed by atoms with E-state index in [2.05, 4.69) is 26.2 Å². The van der Waals surface area contributed by atoms with E-state index < -0.39 is 13.4 Å². The molecule has 38 heavy (non-hydrogen) atoms. The summed E-state index contributed by atoms with van der Waals surface area (Å²) in [5, 5.41) is 16.6. The first-order valence-corrected chi connectivity index (χ1v) is 13.4. The van der Waals surface area contributed by atoms with Gasteiger partial charge in [-0.3, -0.25) is 9.97 Å². The molecule has 5 aromatic rings. The van der Waals surface area contributed by atoms with E-state index in [0.29, 0.717) is 28.4 Å². The quantitative estimate of drug-likeness (QED) is 0.208. The lowest BCUT2D eigenvalue weighted by molar-refractivity contribution is 0.117. The molecule has 4 aromatic heterocycles. The summed E-state index contributed by atoms with van der Waals surface area (Å²) in [6, 6.07) is 15.1. The van der Waals surface area contributed by atoms with Crippen LogP contribution in [0.1, 0.15) is 53.0 Å². The Morgan fingerprint density at radius 3 is 2.08 bits per heavy atom. The monoisotopic (exact) mass is 535 g/mol. The van der Waals surface area contributed by atoms with Gasteiger partial charge in [-0.2, -0.15) is 0 Å². The number of aromatic nitrogens is 5. The van der Waals surface area contributed by atoms with Crippen molar-refractivity contribution in [2.24, 2.45) is 0 Å². The van der Waals surface area contributed by atoms with Crippen LogP contribution in [0.4, 0.5) is 0 Å². The zero-order valence-electron chi connectivity index (χ0n) is 20.6. The number of hydrogen-bond acceptors (Lipinski definition) is 7. The number of nitrogens with zero attached hydrogens (tertiary/aromatic N) is 4. The van der Waals surface area contributed by atoms with Crippen molar-refractivity contribution in [3.05, 3.63) is 95.2 Å². The fourth-order valence-electron chi connectivity index (χ4n) is 4.56. The van der Waals surface area contributed by atoms with Crippen molar-refractivity contribution in [1.82, 2.24) is 25.1 Å². The van der Waals surface area contributed by atoms with Gasteiger partial charge < -0.3 is 29.3 Å². The Morgan fingerprint density at radius 2 is 1.61 bits per heavy atom. The summed E-state index contributed by atoms with van der Waals surface area (Å²) in [5.74, 6) is 2.11. The largest absolute Gasteiger partial charge is 0.466 e. The van der Waals surface area contributed by atoms with Crippen molar-refractivity contribution < 1.29 is 28.9 Å². The van der Waals surface area contributed by atoms with Crippen molar-refractivity contribution in [2.45, 2.75) is 38.2 Å². The SMILES string of the molecule is Cc1noc(C)c1-c1cc(C(O)(c2ccccn2)c2ccccn2)c2nc(C3CC3)[nH]c2c1.O=P(O)(O)O. The number of imidazole rings is 1. The van der Waals surface area contributed by atoms with Crippen LogP contribution in [-0.4, -0.2) is 44.9 Å². The number of aromatic amines is 1. The summed E-state index contributed by atoms with van der Waals surface area (Å²) in [6.45, 7) is 3.81. The minimum atomic E-state index is -4.64. The molecule has 0 amide bonds. The number of aryl methyl sites for hydroxylation is 2. The van der Waals surface area contributed by atoms with Crippen molar-refractivity contribution in [3.63, 3.8) is 0 Å². The smallest absolute Gasteiger partial charge is 0.373 e. The van der Waals surface area contributed by atoms with Gasteiger partial charge in [0.2, 0.25) is 0 Å². The van der Waals surface area contributed by atoms with Crippen molar-refractivity contribution in [2.75, 3.05) is 0 Å². The average Bonchev–Trinajstić information content (AvgIpc) is 3.56. The van der Waals surface area contributed by atoms with Crippen LogP contribution in [0.5, 0.6) is 0 Å². The van der Waals surface area contributed by atoms with Gasteiger partial charge in [0.05, 0.1) is 28.1 Å². The van der Waals surface area contributed by atoms with E-state index in [-0.39, 0.29) is 0 Å². The lowest BCUT2D eigenvalue weighted by atomic mass is 9.83. The number of benzene rings is 1. The van der Waals surface area contributed by atoms with Crippen LogP contribution in [0.3, 0.4) is 0 Å². The molecule has 0 saturated heterocycles. The van der Waals surface area contributed by atoms with Gasteiger partial charge >= 0.3 is 7.82 Å². The normalized spacial score (nSPS) is 13.8. The number of fused-ring (bicyclic) bond motifs is 1. The fourth-order valence-corrected chi connectivity index (χ4v) is 4.56. The predicted octanol–water partition coefficient (Wildman–Crippen LogP) is 3.86. The van der Waals surface area contributed by atoms with Crippen molar-refractivity contribution in [1.29, 1.82) is 0 Å². The van der Waals surface area contributed by atoms with Crippen molar-refractivity contribution >= 4 is 18.9 Å². The molecule has 1 fully saturated rings. The van der Waals surface area contributed by atoms with E-state index in [1.807, 2.05) is 56.3 Å². The minimum absolute atomic E-state index is 0.436. The highest BCUT2D eigenvalue weighted by molar-refractivity contribution is 7.45. The Balaban J connectivity index is 0.000000540. The highest BCUT2D eigenvalue weighted by atomic mass is 31.2. The molecule has 0 unspecified atom stereocenters. The van der Waals surface area contributed by atoms with Crippen LogP contribution in [0.15, 0.2) is 65.4 Å². The second-order valence-corrected chi connectivity index (χ2v) is 10.2. The van der Waals surface area contributed by atoms with Crippen molar-refractivity contribution in [3.8, 4) is 11.1 Å². The van der Waals surface area contributed by atoms with Gasteiger partial charge in [-0.05, 0) is 68.7 Å². The minimum Gasteiger partial charge on any atom is -0.373 e. The summed E-state index contributed by atoms with van der Waals surface area (Å²) < 4.78 is 14.3. The zero-order chi connectivity index (χ0) is 27.1. The van der Waals surface area contributed by atoms with Crippen LogP contribution in [0, 0.1) is 13.8 Å². The number of pyridine rings is 2. The third-order valence-corrected chi connectivity index (χ3v) is 6.35. The molecule has 0 aliphatic heterocycles. The first-order chi connectivity index (χ1) is 18.1. The van der Waals surface area contributed by atoms with Gasteiger partial charge in [0.25, 0.3) is 0 Å². The summed E-state index contributed by atoms with van der Waals surface area (Å²) in [5.41, 5.74) is 4.14. The molecule has 0 atom stereocenters. The molecule has 4 heterocycles. The topological polar surface area (TPSA) is 178 Å². The van der Waals surface area contributed by atoms with Gasteiger partial charge in [-0.1, -0.05) is 17.3 Å². The molecule has 6 rings (SSSR count). The summed E-state index contributed by atoms with van der Waals surface area (Å²) >= 11 is 0. The maximum atomic E-state index is 12.4. The fraction of sp³-hybridized carbons (Fsp3) is 0.231. The molecule has 1 aromatic carbocycles. The Morgan fingerprint density at radius 1 is 1.00 bits per heavy atom. The van der Waals surface area contributed by atoms with Crippen LogP contribution in [-0.2, 0) is 10.2 Å². The number of H-pyrrole nitrogens is 1. The van der Waals surface area contributed by atoms with Crippen LogP contribution in [0.2, 0.25) is 0 Å². The standard InChI is InChI=1S/C26H23N5O2.H3O4P/c1-15-23(16(2)33-31-15)18-13-19(24-20(14-18)29-25(30-24)17-9-10-17)26(32,21-7-3-5-11-27-21)22-8-4-6-12-28-22;1-5(2,3)4/h3-8,11-14,17,32H,9-10H2,1-2H3,(H,29,30);(H3,1,2,3,4). The van der Waals surface area contributed by atoms with Crippen LogP contribution >= 0.6 is 7.82 Å². The Labute approximate surface area is 217 Å². The molecule has 1 aliphatic rings. The van der Waals surface area contributed by atoms with Gasteiger partial charge in [-0.25, -0.2) is 9.55 Å².